The van der Waals surface area contributed by atoms with Gasteiger partial charge in [0.2, 0.25) is 0 Å². The van der Waals surface area contributed by atoms with Gasteiger partial charge in [-0.2, -0.15) is 0 Å². The molecule has 0 radical (unpaired) electrons. The van der Waals surface area contributed by atoms with E-state index in [0.29, 0.717) is 6.61 Å². The molecule has 33 heavy (non-hydrogen) atoms. The van der Waals surface area contributed by atoms with Crippen LogP contribution in [0.1, 0.15) is 35.4 Å². The highest BCUT2D eigenvalue weighted by Gasteiger charge is 2.40. The second-order valence-electron chi connectivity index (χ2n) is 9.52. The number of likely N-dealkylation sites (N-methyl/N-ethyl adjacent to an activating group) is 1. The Bertz CT molecular complexity index is 966. The Balaban J connectivity index is 1.40. The van der Waals surface area contributed by atoms with Crippen molar-refractivity contribution in [3.63, 3.8) is 0 Å². The summed E-state index contributed by atoms with van der Waals surface area (Å²) in [7, 11) is 4.16. The minimum atomic E-state index is -0.704. The van der Waals surface area contributed by atoms with Gasteiger partial charge in [-0.1, -0.05) is 72.8 Å². The molecule has 4 nitrogen and oxygen atoms in total. The number of likely N-dealkylation sites (tertiary alicyclic amines) is 1. The van der Waals surface area contributed by atoms with Crippen LogP contribution in [-0.4, -0.2) is 54.2 Å². The molecule has 0 bridgehead atoms. The van der Waals surface area contributed by atoms with Crippen molar-refractivity contribution >= 4 is 0 Å². The number of aliphatic hydroxyl groups is 1. The normalized spacial score (nSPS) is 17.1. The molecule has 1 atom stereocenters. The van der Waals surface area contributed by atoms with E-state index >= 15 is 0 Å². The molecule has 1 fully saturated rings. The predicted octanol–water partition coefficient (Wildman–Crippen LogP) is 4.94. The van der Waals surface area contributed by atoms with E-state index in [1.807, 2.05) is 30.3 Å². The van der Waals surface area contributed by atoms with Crippen LogP contribution in [0.5, 0.6) is 5.75 Å². The Morgan fingerprint density at radius 2 is 1.42 bits per heavy atom. The first-order valence-electron chi connectivity index (χ1n) is 11.9. The number of hydrogen-bond acceptors (Lipinski definition) is 4. The summed E-state index contributed by atoms with van der Waals surface area (Å²) in [6.07, 6.45) is 1.56. The minimum Gasteiger partial charge on any atom is -0.489 e. The molecule has 1 N–H and O–H groups in total. The van der Waals surface area contributed by atoms with Gasteiger partial charge in [0.15, 0.2) is 0 Å². The Kier molecular flexibility index (Phi) is 7.81. The third kappa shape index (κ3) is 6.44. The molecule has 4 rings (SSSR count). The van der Waals surface area contributed by atoms with Crippen molar-refractivity contribution in [3.8, 4) is 5.75 Å². The monoisotopic (exact) mass is 444 g/mol. The molecule has 3 aromatic rings. The maximum Gasteiger partial charge on any atom is 0.119 e. The zero-order valence-corrected chi connectivity index (χ0v) is 19.9. The lowest BCUT2D eigenvalue weighted by Gasteiger charge is -2.44. The molecule has 0 saturated carbocycles. The van der Waals surface area contributed by atoms with Crippen molar-refractivity contribution in [1.82, 2.24) is 9.80 Å². The fourth-order valence-corrected chi connectivity index (χ4v) is 4.78. The summed E-state index contributed by atoms with van der Waals surface area (Å²) < 4.78 is 5.97. The van der Waals surface area contributed by atoms with Crippen molar-refractivity contribution in [1.29, 1.82) is 0 Å². The van der Waals surface area contributed by atoms with Gasteiger partial charge in [0.05, 0.1) is 5.60 Å². The number of rotatable bonds is 9. The van der Waals surface area contributed by atoms with E-state index in [4.69, 9.17) is 4.74 Å². The highest BCUT2D eigenvalue weighted by molar-refractivity contribution is 5.32. The fraction of sp³-hybridized carbons (Fsp3) is 0.379. The number of benzene rings is 3. The average molecular weight is 445 g/mol. The molecule has 1 unspecified atom stereocenters. The summed E-state index contributed by atoms with van der Waals surface area (Å²) in [5.74, 6) is 0.922. The molecule has 0 aliphatic carbocycles. The molecule has 0 spiro atoms. The van der Waals surface area contributed by atoms with Crippen LogP contribution in [0.4, 0.5) is 0 Å². The minimum absolute atomic E-state index is 0.0644. The summed E-state index contributed by atoms with van der Waals surface area (Å²) in [5.41, 5.74) is 2.96. The van der Waals surface area contributed by atoms with Crippen molar-refractivity contribution < 1.29 is 9.84 Å². The van der Waals surface area contributed by atoms with Crippen LogP contribution < -0.4 is 4.74 Å². The molecule has 1 heterocycles. The van der Waals surface area contributed by atoms with Gasteiger partial charge in [-0.15, -0.1) is 0 Å². The quantitative estimate of drug-likeness (QED) is 0.507. The van der Waals surface area contributed by atoms with Crippen molar-refractivity contribution in [2.45, 2.75) is 37.5 Å². The fourth-order valence-electron chi connectivity index (χ4n) is 4.78. The van der Waals surface area contributed by atoms with Crippen molar-refractivity contribution in [2.24, 2.45) is 0 Å². The second-order valence-corrected chi connectivity index (χ2v) is 9.52. The van der Waals surface area contributed by atoms with Gasteiger partial charge in [-0.25, -0.2) is 0 Å². The molecule has 174 valence electrons. The summed E-state index contributed by atoms with van der Waals surface area (Å²) in [4.78, 5) is 4.63. The Morgan fingerprint density at radius 3 is 2.00 bits per heavy atom. The van der Waals surface area contributed by atoms with Gasteiger partial charge in [0.1, 0.15) is 12.4 Å². The average Bonchev–Trinajstić information content (AvgIpc) is 2.84. The maximum atomic E-state index is 11.8. The van der Waals surface area contributed by atoms with Gasteiger partial charge >= 0.3 is 0 Å². The van der Waals surface area contributed by atoms with Gasteiger partial charge in [-0.3, -0.25) is 4.90 Å². The number of hydrogen-bond donors (Lipinski definition) is 1. The van der Waals surface area contributed by atoms with Crippen LogP contribution in [0.15, 0.2) is 84.9 Å². The zero-order chi connectivity index (χ0) is 23.1. The second kappa shape index (κ2) is 11.0. The lowest BCUT2D eigenvalue weighted by Crippen LogP contribution is -2.49. The van der Waals surface area contributed by atoms with E-state index in [0.717, 1.165) is 50.3 Å². The molecular weight excluding hydrogens is 408 g/mol. The molecule has 1 aliphatic rings. The van der Waals surface area contributed by atoms with Crippen molar-refractivity contribution in [2.75, 3.05) is 33.7 Å². The van der Waals surface area contributed by atoms with Gasteiger partial charge in [-0.05, 0) is 55.8 Å². The van der Waals surface area contributed by atoms with E-state index in [2.05, 4.69) is 78.5 Å². The summed E-state index contributed by atoms with van der Waals surface area (Å²) >= 11 is 0. The standard InChI is InChI=1S/C29H36N2O2/c1-30(2)22-28(26-13-15-27(16-14-26)33-23-25-11-7-4-8-12-25)29(32)17-19-31(20-18-29)21-24-9-5-3-6-10-24/h3-16,28,32H,17-23H2,1-2H3. The van der Waals surface area contributed by atoms with Crippen LogP contribution in [0, 0.1) is 0 Å². The molecule has 1 saturated heterocycles. The van der Waals surface area contributed by atoms with E-state index in [1.54, 1.807) is 0 Å². The Labute approximate surface area is 198 Å². The molecule has 3 aromatic carbocycles. The van der Waals surface area contributed by atoms with E-state index in [1.165, 1.54) is 11.1 Å². The molecule has 0 amide bonds. The molecule has 1 aliphatic heterocycles. The molecule has 4 heteroatoms. The number of nitrogens with zero attached hydrogens (tertiary/aromatic N) is 2. The lowest BCUT2D eigenvalue weighted by atomic mass is 9.75. The van der Waals surface area contributed by atoms with Gasteiger partial charge in [0, 0.05) is 32.1 Å². The maximum absolute atomic E-state index is 11.8. The Morgan fingerprint density at radius 1 is 0.848 bits per heavy atom. The molecule has 0 aromatic heterocycles. The summed E-state index contributed by atoms with van der Waals surface area (Å²) in [6.45, 7) is 4.14. The topological polar surface area (TPSA) is 35.9 Å². The number of ether oxygens (including phenoxy) is 1. The highest BCUT2D eigenvalue weighted by Crippen LogP contribution is 2.38. The number of piperidine rings is 1. The van der Waals surface area contributed by atoms with E-state index < -0.39 is 5.60 Å². The first-order valence-corrected chi connectivity index (χ1v) is 11.9. The van der Waals surface area contributed by atoms with E-state index in [-0.39, 0.29) is 5.92 Å². The first-order chi connectivity index (χ1) is 16.0. The third-order valence-corrected chi connectivity index (χ3v) is 6.70. The first kappa shape index (κ1) is 23.5. The third-order valence-electron chi connectivity index (χ3n) is 6.70. The highest BCUT2D eigenvalue weighted by atomic mass is 16.5. The Hall–Kier alpha value is -2.66. The van der Waals surface area contributed by atoms with Crippen LogP contribution in [0.3, 0.4) is 0 Å². The van der Waals surface area contributed by atoms with Crippen LogP contribution in [0.25, 0.3) is 0 Å². The molecular formula is C29H36N2O2. The summed E-state index contributed by atoms with van der Waals surface area (Å²) in [5, 5.41) is 11.8. The zero-order valence-electron chi connectivity index (χ0n) is 19.9. The van der Waals surface area contributed by atoms with Crippen molar-refractivity contribution in [3.05, 3.63) is 102 Å². The van der Waals surface area contributed by atoms with Crippen LogP contribution in [0.2, 0.25) is 0 Å². The van der Waals surface area contributed by atoms with Crippen LogP contribution >= 0.6 is 0 Å². The summed E-state index contributed by atoms with van der Waals surface area (Å²) in [6, 6.07) is 29.1. The smallest absolute Gasteiger partial charge is 0.119 e. The largest absolute Gasteiger partial charge is 0.489 e. The van der Waals surface area contributed by atoms with Gasteiger partial charge < -0.3 is 14.7 Å². The van der Waals surface area contributed by atoms with Crippen LogP contribution in [-0.2, 0) is 13.2 Å². The van der Waals surface area contributed by atoms with E-state index in [9.17, 15) is 5.11 Å². The SMILES string of the molecule is CN(C)CC(c1ccc(OCc2ccccc2)cc1)C1(O)CCN(Cc2ccccc2)CC1. The lowest BCUT2D eigenvalue weighted by molar-refractivity contribution is -0.0493. The van der Waals surface area contributed by atoms with Gasteiger partial charge in [0.25, 0.3) is 0 Å². The predicted molar refractivity (Wildman–Crippen MR) is 134 cm³/mol.